The van der Waals surface area contributed by atoms with Gasteiger partial charge in [0.1, 0.15) is 5.75 Å². The van der Waals surface area contributed by atoms with Gasteiger partial charge in [0.2, 0.25) is 5.91 Å². The van der Waals surface area contributed by atoms with Crippen molar-refractivity contribution in [3.8, 4) is 5.75 Å². The Labute approximate surface area is 131 Å². The van der Waals surface area contributed by atoms with Crippen LogP contribution in [0.1, 0.15) is 24.5 Å². The molecule has 0 spiro atoms. The fourth-order valence-corrected chi connectivity index (χ4v) is 1.97. The van der Waals surface area contributed by atoms with E-state index in [0.717, 1.165) is 17.5 Å². The second-order valence-electron chi connectivity index (χ2n) is 5.08. The molecule has 0 saturated carbocycles. The molecule has 2 aromatic rings. The molecule has 22 heavy (non-hydrogen) atoms. The Morgan fingerprint density at radius 3 is 2.68 bits per heavy atom. The van der Waals surface area contributed by atoms with Gasteiger partial charge in [0.25, 0.3) is 0 Å². The number of hydrogen-bond donors (Lipinski definition) is 1. The van der Waals surface area contributed by atoms with E-state index in [4.69, 9.17) is 4.74 Å². The van der Waals surface area contributed by atoms with Crippen LogP contribution in [0.5, 0.6) is 5.75 Å². The minimum atomic E-state index is -0.172. The lowest BCUT2D eigenvalue weighted by molar-refractivity contribution is -0.111. The van der Waals surface area contributed by atoms with Crippen LogP contribution in [0.4, 0.5) is 5.69 Å². The van der Waals surface area contributed by atoms with Crippen LogP contribution in [-0.2, 0) is 4.79 Å². The number of hydrogen-bond acceptors (Lipinski definition) is 2. The standard InChI is InChI=1S/C19H21NO2/c1-3-13-22-18-14-15(2)9-11-17(18)20-19(21)12-10-16-7-5-4-6-8-16/h4-12,14H,3,13H2,1-2H3,(H,20,21)/b12-10+. The summed E-state index contributed by atoms with van der Waals surface area (Å²) in [5.74, 6) is 0.539. The lowest BCUT2D eigenvalue weighted by Crippen LogP contribution is -2.10. The third-order valence-corrected chi connectivity index (χ3v) is 3.08. The maximum Gasteiger partial charge on any atom is 0.248 e. The van der Waals surface area contributed by atoms with E-state index in [2.05, 4.69) is 12.2 Å². The summed E-state index contributed by atoms with van der Waals surface area (Å²) in [5, 5.41) is 2.87. The summed E-state index contributed by atoms with van der Waals surface area (Å²) >= 11 is 0. The van der Waals surface area contributed by atoms with E-state index in [1.165, 1.54) is 6.08 Å². The van der Waals surface area contributed by atoms with E-state index in [-0.39, 0.29) is 5.91 Å². The highest BCUT2D eigenvalue weighted by molar-refractivity contribution is 6.02. The molecule has 0 aliphatic heterocycles. The largest absolute Gasteiger partial charge is 0.491 e. The molecule has 0 atom stereocenters. The first-order chi connectivity index (χ1) is 10.7. The summed E-state index contributed by atoms with van der Waals surface area (Å²) in [6.45, 7) is 4.68. The highest BCUT2D eigenvalue weighted by atomic mass is 16.5. The number of benzene rings is 2. The topological polar surface area (TPSA) is 38.3 Å². The molecule has 0 aliphatic rings. The fourth-order valence-electron chi connectivity index (χ4n) is 1.97. The van der Waals surface area contributed by atoms with E-state index in [1.54, 1.807) is 6.08 Å². The zero-order valence-corrected chi connectivity index (χ0v) is 13.0. The van der Waals surface area contributed by atoms with Gasteiger partial charge < -0.3 is 10.1 Å². The van der Waals surface area contributed by atoms with Gasteiger partial charge in [-0.2, -0.15) is 0 Å². The molecule has 114 valence electrons. The number of aryl methyl sites for hydroxylation is 1. The van der Waals surface area contributed by atoms with Crippen molar-refractivity contribution in [1.82, 2.24) is 0 Å². The third kappa shape index (κ3) is 4.77. The fraction of sp³-hybridized carbons (Fsp3) is 0.211. The van der Waals surface area contributed by atoms with Crippen LogP contribution < -0.4 is 10.1 Å². The van der Waals surface area contributed by atoms with Crippen LogP contribution in [0.15, 0.2) is 54.6 Å². The number of anilines is 1. The molecular weight excluding hydrogens is 274 g/mol. The Hall–Kier alpha value is -2.55. The normalized spacial score (nSPS) is 10.6. The number of nitrogens with one attached hydrogen (secondary N) is 1. The van der Waals surface area contributed by atoms with Crippen molar-refractivity contribution >= 4 is 17.7 Å². The van der Waals surface area contributed by atoms with Gasteiger partial charge >= 0.3 is 0 Å². The molecule has 3 heteroatoms. The van der Waals surface area contributed by atoms with Crippen LogP contribution in [-0.4, -0.2) is 12.5 Å². The predicted molar refractivity (Wildman–Crippen MR) is 91.1 cm³/mol. The van der Waals surface area contributed by atoms with Crippen molar-refractivity contribution < 1.29 is 9.53 Å². The Morgan fingerprint density at radius 1 is 1.18 bits per heavy atom. The van der Waals surface area contributed by atoms with E-state index in [9.17, 15) is 4.79 Å². The van der Waals surface area contributed by atoms with Crippen molar-refractivity contribution in [2.75, 3.05) is 11.9 Å². The van der Waals surface area contributed by atoms with Crippen molar-refractivity contribution in [3.63, 3.8) is 0 Å². The average Bonchev–Trinajstić information content (AvgIpc) is 2.54. The molecule has 0 radical (unpaired) electrons. The lowest BCUT2D eigenvalue weighted by Gasteiger charge is -2.12. The molecule has 0 unspecified atom stereocenters. The van der Waals surface area contributed by atoms with E-state index >= 15 is 0 Å². The van der Waals surface area contributed by atoms with Crippen LogP contribution in [0, 0.1) is 6.92 Å². The molecule has 0 heterocycles. The highest BCUT2D eigenvalue weighted by Gasteiger charge is 2.06. The smallest absolute Gasteiger partial charge is 0.248 e. The first-order valence-corrected chi connectivity index (χ1v) is 7.46. The molecule has 2 rings (SSSR count). The zero-order valence-electron chi connectivity index (χ0n) is 13.0. The van der Waals surface area contributed by atoms with Crippen LogP contribution in [0.25, 0.3) is 6.08 Å². The van der Waals surface area contributed by atoms with Crippen LogP contribution in [0.3, 0.4) is 0 Å². The molecule has 0 saturated heterocycles. The summed E-state index contributed by atoms with van der Waals surface area (Å²) in [4.78, 5) is 12.0. The molecular formula is C19H21NO2. The van der Waals surface area contributed by atoms with Crippen LogP contribution >= 0.6 is 0 Å². The van der Waals surface area contributed by atoms with Crippen molar-refractivity contribution in [3.05, 3.63) is 65.7 Å². The summed E-state index contributed by atoms with van der Waals surface area (Å²) in [5.41, 5.74) is 2.79. The molecule has 0 aromatic heterocycles. The Balaban J connectivity index is 2.06. The van der Waals surface area contributed by atoms with Gasteiger partial charge in [-0.15, -0.1) is 0 Å². The van der Waals surface area contributed by atoms with Gasteiger partial charge in [0.05, 0.1) is 12.3 Å². The molecule has 3 nitrogen and oxygen atoms in total. The van der Waals surface area contributed by atoms with E-state index in [0.29, 0.717) is 18.0 Å². The molecule has 0 bridgehead atoms. The van der Waals surface area contributed by atoms with Gasteiger partial charge in [0.15, 0.2) is 0 Å². The number of rotatable bonds is 6. The third-order valence-electron chi connectivity index (χ3n) is 3.08. The average molecular weight is 295 g/mol. The minimum absolute atomic E-state index is 0.172. The number of ether oxygens (including phenoxy) is 1. The number of carbonyl (C=O) groups is 1. The van der Waals surface area contributed by atoms with Crippen LogP contribution in [0.2, 0.25) is 0 Å². The zero-order chi connectivity index (χ0) is 15.8. The summed E-state index contributed by atoms with van der Waals surface area (Å²) < 4.78 is 5.69. The molecule has 2 aromatic carbocycles. The van der Waals surface area contributed by atoms with Gasteiger partial charge in [-0.3, -0.25) is 4.79 Å². The number of carbonyl (C=O) groups excluding carboxylic acids is 1. The van der Waals surface area contributed by atoms with Gasteiger partial charge in [-0.25, -0.2) is 0 Å². The highest BCUT2D eigenvalue weighted by Crippen LogP contribution is 2.26. The quantitative estimate of drug-likeness (QED) is 0.800. The Morgan fingerprint density at radius 2 is 1.95 bits per heavy atom. The second kappa shape index (κ2) is 8.03. The molecule has 0 aliphatic carbocycles. The predicted octanol–water partition coefficient (Wildman–Crippen LogP) is 4.44. The van der Waals surface area contributed by atoms with Crippen molar-refractivity contribution in [2.45, 2.75) is 20.3 Å². The van der Waals surface area contributed by atoms with Gasteiger partial charge in [-0.1, -0.05) is 43.3 Å². The molecule has 1 amide bonds. The summed E-state index contributed by atoms with van der Waals surface area (Å²) in [6.07, 6.45) is 4.24. The summed E-state index contributed by atoms with van der Waals surface area (Å²) in [7, 11) is 0. The maximum absolute atomic E-state index is 12.0. The monoisotopic (exact) mass is 295 g/mol. The Bertz CT molecular complexity index is 648. The van der Waals surface area contributed by atoms with Crippen molar-refractivity contribution in [2.24, 2.45) is 0 Å². The van der Waals surface area contributed by atoms with Gasteiger partial charge in [-0.05, 0) is 42.7 Å². The van der Waals surface area contributed by atoms with E-state index < -0.39 is 0 Å². The second-order valence-corrected chi connectivity index (χ2v) is 5.08. The van der Waals surface area contributed by atoms with Gasteiger partial charge in [0, 0.05) is 6.08 Å². The SMILES string of the molecule is CCCOc1cc(C)ccc1NC(=O)/C=C/c1ccccc1. The van der Waals surface area contributed by atoms with E-state index in [1.807, 2.05) is 55.5 Å². The molecule has 1 N–H and O–H groups in total. The minimum Gasteiger partial charge on any atom is -0.491 e. The van der Waals surface area contributed by atoms with Crippen molar-refractivity contribution in [1.29, 1.82) is 0 Å². The first kappa shape index (κ1) is 15.8. The Kier molecular flexibility index (Phi) is 5.78. The maximum atomic E-state index is 12.0. The first-order valence-electron chi connectivity index (χ1n) is 7.46. The molecule has 0 fully saturated rings. The lowest BCUT2D eigenvalue weighted by atomic mass is 10.2. The number of amides is 1. The summed E-state index contributed by atoms with van der Waals surface area (Å²) in [6, 6.07) is 15.5.